The van der Waals surface area contributed by atoms with E-state index in [1.807, 2.05) is 0 Å². The van der Waals surface area contributed by atoms with E-state index in [0.717, 1.165) is 0 Å². The Bertz CT molecular complexity index is 109. The van der Waals surface area contributed by atoms with E-state index in [2.05, 4.69) is 43.5 Å². The van der Waals surface area contributed by atoms with Gasteiger partial charge in [0.1, 0.15) is 16.5 Å². The lowest BCUT2D eigenvalue weighted by atomic mass is 11.3. The molecule has 0 unspecified atom stereocenters. The molecular formula is C7H21N2Si2. The second-order valence-corrected chi connectivity index (χ2v) is 15.1. The molecule has 0 fully saturated rings. The maximum atomic E-state index is 7.47. The molecule has 2 nitrogen and oxygen atoms in total. The highest BCUT2D eigenvalue weighted by Crippen LogP contribution is 2.17. The van der Waals surface area contributed by atoms with E-state index in [-0.39, 0.29) is 0 Å². The predicted octanol–water partition coefficient (Wildman–Crippen LogP) is 2.20. The van der Waals surface area contributed by atoms with Gasteiger partial charge in [0.05, 0.1) is 0 Å². The molecular weight excluding hydrogens is 168 g/mol. The topological polar surface area (TPSA) is 27.0 Å². The van der Waals surface area contributed by atoms with Crippen LogP contribution in [0.25, 0.3) is 0 Å². The van der Waals surface area contributed by atoms with Crippen molar-refractivity contribution in [3.05, 3.63) is 0 Å². The van der Waals surface area contributed by atoms with Gasteiger partial charge < -0.3 is 4.23 Å². The number of nitrogens with one attached hydrogen (secondary N) is 1. The van der Waals surface area contributed by atoms with Crippen molar-refractivity contribution in [2.45, 2.75) is 39.3 Å². The highest BCUT2D eigenvalue weighted by Gasteiger charge is 2.32. The van der Waals surface area contributed by atoms with Crippen molar-refractivity contribution in [1.82, 2.24) is 9.96 Å². The van der Waals surface area contributed by atoms with Crippen LogP contribution in [0.2, 0.25) is 39.3 Å². The molecule has 67 valence electrons. The molecule has 0 aliphatic carbocycles. The highest BCUT2D eigenvalue weighted by molar-refractivity contribution is 6.89. The van der Waals surface area contributed by atoms with Gasteiger partial charge in [-0.1, -0.05) is 39.3 Å². The van der Waals surface area contributed by atoms with Crippen LogP contribution in [-0.4, -0.2) is 27.4 Å². The van der Waals surface area contributed by atoms with Gasteiger partial charge in [0.2, 0.25) is 0 Å². The van der Waals surface area contributed by atoms with E-state index in [9.17, 15) is 0 Å². The first kappa shape index (κ1) is 11.4. The zero-order valence-electron chi connectivity index (χ0n) is 8.65. The van der Waals surface area contributed by atoms with Gasteiger partial charge in [0.15, 0.2) is 0 Å². The lowest BCUT2D eigenvalue weighted by Crippen LogP contribution is -2.59. The molecule has 0 saturated carbocycles. The lowest BCUT2D eigenvalue weighted by molar-refractivity contribution is 0.620. The van der Waals surface area contributed by atoms with Crippen molar-refractivity contribution in [2.75, 3.05) is 6.67 Å². The first-order valence-corrected chi connectivity index (χ1v) is 11.0. The van der Waals surface area contributed by atoms with Gasteiger partial charge in [-0.3, -0.25) is 0 Å². The van der Waals surface area contributed by atoms with Crippen molar-refractivity contribution in [2.24, 2.45) is 0 Å². The van der Waals surface area contributed by atoms with Gasteiger partial charge in [0.25, 0.3) is 0 Å². The summed E-state index contributed by atoms with van der Waals surface area (Å²) in [5, 5.41) is 0. The maximum Gasteiger partial charge on any atom is 0.113 e. The Morgan fingerprint density at radius 2 is 1.18 bits per heavy atom. The minimum Gasteiger partial charge on any atom is -0.333 e. The molecule has 0 amide bonds. The van der Waals surface area contributed by atoms with Crippen LogP contribution < -0.4 is 5.73 Å². The fourth-order valence-corrected chi connectivity index (χ4v) is 10.5. The third-order valence-electron chi connectivity index (χ3n) is 1.78. The summed E-state index contributed by atoms with van der Waals surface area (Å²) in [4.78, 5) is 0. The zero-order chi connectivity index (χ0) is 9.28. The molecule has 0 atom stereocenters. The van der Waals surface area contributed by atoms with Crippen LogP contribution in [0.4, 0.5) is 0 Å². The molecule has 0 aromatic carbocycles. The Balaban J connectivity index is 4.43. The van der Waals surface area contributed by atoms with Crippen molar-refractivity contribution >= 4 is 16.5 Å². The van der Waals surface area contributed by atoms with Crippen LogP contribution in [0.1, 0.15) is 0 Å². The number of rotatable bonds is 3. The van der Waals surface area contributed by atoms with Crippen molar-refractivity contribution in [3.63, 3.8) is 0 Å². The molecule has 4 heteroatoms. The summed E-state index contributed by atoms with van der Waals surface area (Å²) >= 11 is 0. The van der Waals surface area contributed by atoms with Crippen molar-refractivity contribution < 1.29 is 0 Å². The molecule has 11 heavy (non-hydrogen) atoms. The number of hydrogen-bond donors (Lipinski definition) is 0. The third-order valence-corrected chi connectivity index (χ3v) is 9.36. The van der Waals surface area contributed by atoms with Gasteiger partial charge in [0, 0.05) is 6.67 Å². The van der Waals surface area contributed by atoms with Crippen LogP contribution in [0, 0.1) is 0 Å². The first-order valence-electron chi connectivity index (χ1n) is 4.12. The minimum absolute atomic E-state index is 0.492. The second-order valence-electron chi connectivity index (χ2n) is 4.93. The molecule has 1 N–H and O–H groups in total. The Kier molecular flexibility index (Phi) is 3.50. The van der Waals surface area contributed by atoms with Crippen LogP contribution >= 0.6 is 0 Å². The van der Waals surface area contributed by atoms with Crippen LogP contribution in [-0.2, 0) is 0 Å². The number of nitrogens with zero attached hydrogens (tertiary/aromatic N) is 1. The Hall–Kier alpha value is 0.354. The fraction of sp³-hybridized carbons (Fsp3) is 1.00. The summed E-state index contributed by atoms with van der Waals surface area (Å²) in [6.07, 6.45) is 0. The minimum atomic E-state index is -1.21. The average molecular weight is 189 g/mol. The molecule has 0 aliphatic heterocycles. The van der Waals surface area contributed by atoms with Gasteiger partial charge in [-0.2, -0.15) is 0 Å². The largest absolute Gasteiger partial charge is 0.333 e. The summed E-state index contributed by atoms with van der Waals surface area (Å²) in [6.45, 7) is 14.4. The molecule has 0 rings (SSSR count). The summed E-state index contributed by atoms with van der Waals surface area (Å²) in [6, 6.07) is 0. The second kappa shape index (κ2) is 3.39. The molecule has 0 heterocycles. The molecule has 1 radical (unpaired) electrons. The predicted molar refractivity (Wildman–Crippen MR) is 56.5 cm³/mol. The molecule has 0 bridgehead atoms. The Labute approximate surface area is 73.0 Å². The first-order chi connectivity index (χ1) is 4.69. The van der Waals surface area contributed by atoms with Gasteiger partial charge >= 0.3 is 0 Å². The van der Waals surface area contributed by atoms with E-state index >= 15 is 0 Å². The van der Waals surface area contributed by atoms with E-state index in [4.69, 9.17) is 5.73 Å². The molecule has 0 spiro atoms. The molecule has 0 saturated heterocycles. The van der Waals surface area contributed by atoms with Gasteiger partial charge in [-0.25, -0.2) is 5.73 Å². The molecule has 0 aromatic rings. The zero-order valence-corrected chi connectivity index (χ0v) is 10.7. The summed E-state index contributed by atoms with van der Waals surface area (Å²) in [5.41, 5.74) is 7.47. The standard InChI is InChI=1S/C7H21N2Si2/c1-10(2,3)9(7-8)11(4,5)6/h8H,7H2,1-6H3. The van der Waals surface area contributed by atoms with E-state index in [1.54, 1.807) is 0 Å². The van der Waals surface area contributed by atoms with Crippen molar-refractivity contribution in [1.29, 1.82) is 0 Å². The van der Waals surface area contributed by atoms with Gasteiger partial charge in [-0.15, -0.1) is 0 Å². The van der Waals surface area contributed by atoms with E-state index < -0.39 is 16.5 Å². The van der Waals surface area contributed by atoms with E-state index in [0.29, 0.717) is 6.67 Å². The molecule has 0 aliphatic rings. The summed E-state index contributed by atoms with van der Waals surface area (Å²) in [7, 11) is -2.43. The van der Waals surface area contributed by atoms with Crippen LogP contribution in [0.15, 0.2) is 0 Å². The van der Waals surface area contributed by atoms with Crippen LogP contribution in [0.5, 0.6) is 0 Å². The van der Waals surface area contributed by atoms with Crippen LogP contribution in [0.3, 0.4) is 0 Å². The molecule has 0 aromatic heterocycles. The normalized spacial score (nSPS) is 14.2. The quantitative estimate of drug-likeness (QED) is 0.625. The summed E-state index contributed by atoms with van der Waals surface area (Å²) < 4.78 is 2.44. The third kappa shape index (κ3) is 3.51. The number of hydrogen-bond acceptors (Lipinski definition) is 1. The van der Waals surface area contributed by atoms with Crippen molar-refractivity contribution in [3.8, 4) is 0 Å². The summed E-state index contributed by atoms with van der Waals surface area (Å²) in [5.74, 6) is 0. The SMILES string of the molecule is C[Si](C)(C)N(C[NH])[Si](C)(C)C. The fourth-order valence-electron chi connectivity index (χ4n) is 1.48. The average Bonchev–Trinajstić information content (AvgIpc) is 1.56. The highest BCUT2D eigenvalue weighted by atomic mass is 28.4. The van der Waals surface area contributed by atoms with Gasteiger partial charge in [-0.05, 0) is 0 Å². The maximum absolute atomic E-state index is 7.47. The monoisotopic (exact) mass is 189 g/mol. The Morgan fingerprint density at radius 3 is 1.18 bits per heavy atom. The lowest BCUT2D eigenvalue weighted by Gasteiger charge is -2.42. The Morgan fingerprint density at radius 1 is 0.909 bits per heavy atom. The smallest absolute Gasteiger partial charge is 0.113 e. The van der Waals surface area contributed by atoms with E-state index in [1.165, 1.54) is 0 Å².